The highest BCUT2D eigenvalue weighted by atomic mass is 19.4. The molecule has 0 aromatic heterocycles. The summed E-state index contributed by atoms with van der Waals surface area (Å²) in [4.78, 5) is 6.11. The topological polar surface area (TPSA) is 39.7 Å². The third kappa shape index (κ3) is 6.87. The van der Waals surface area contributed by atoms with Crippen LogP contribution in [0.25, 0.3) is 0 Å². The first kappa shape index (κ1) is 21.9. The van der Waals surface area contributed by atoms with E-state index in [9.17, 15) is 17.6 Å². The average molecular weight is 414 g/mol. The second kappa shape index (κ2) is 9.78. The lowest BCUT2D eigenvalue weighted by Crippen LogP contribution is -2.40. The zero-order valence-electron chi connectivity index (χ0n) is 16.8. The first-order chi connectivity index (χ1) is 13.9. The highest BCUT2D eigenvalue weighted by Gasteiger charge is 2.40. The molecule has 1 aromatic rings. The molecule has 0 spiro atoms. The van der Waals surface area contributed by atoms with E-state index < -0.39 is 12.7 Å². The van der Waals surface area contributed by atoms with Gasteiger partial charge >= 0.3 is 6.18 Å². The van der Waals surface area contributed by atoms with Crippen molar-refractivity contribution in [1.29, 1.82) is 0 Å². The van der Waals surface area contributed by atoms with Gasteiger partial charge in [-0.3, -0.25) is 9.89 Å². The molecule has 162 valence electrons. The summed E-state index contributed by atoms with van der Waals surface area (Å²) in [5.74, 6) is 1.14. The smallest absolute Gasteiger partial charge is 0.357 e. The summed E-state index contributed by atoms with van der Waals surface area (Å²) in [6, 6.07) is 7.05. The van der Waals surface area contributed by atoms with Crippen LogP contribution in [-0.2, 0) is 0 Å². The van der Waals surface area contributed by atoms with E-state index in [-0.39, 0.29) is 17.8 Å². The minimum atomic E-state index is -4.12. The van der Waals surface area contributed by atoms with Gasteiger partial charge in [0.15, 0.2) is 5.96 Å². The number of alkyl halides is 3. The van der Waals surface area contributed by atoms with Crippen molar-refractivity contribution >= 4 is 5.96 Å². The van der Waals surface area contributed by atoms with Crippen LogP contribution >= 0.6 is 0 Å². The molecular weight excluding hydrogens is 384 g/mol. The van der Waals surface area contributed by atoms with Crippen molar-refractivity contribution in [2.75, 3.05) is 32.7 Å². The molecule has 1 saturated heterocycles. The second-order valence-corrected chi connectivity index (χ2v) is 8.00. The number of benzene rings is 1. The van der Waals surface area contributed by atoms with Gasteiger partial charge in [-0.25, -0.2) is 4.39 Å². The van der Waals surface area contributed by atoms with Crippen LogP contribution < -0.4 is 10.6 Å². The van der Waals surface area contributed by atoms with Crippen LogP contribution in [0.3, 0.4) is 0 Å². The number of hydrogen-bond acceptors (Lipinski definition) is 2. The highest BCUT2D eigenvalue weighted by molar-refractivity contribution is 5.80. The summed E-state index contributed by atoms with van der Waals surface area (Å²) in [6.07, 6.45) is -0.797. The number of nitrogens with one attached hydrogen (secondary N) is 2. The zero-order chi connectivity index (χ0) is 20.9. The Bertz CT molecular complexity index is 684. The van der Waals surface area contributed by atoms with Crippen molar-refractivity contribution < 1.29 is 17.6 Å². The Hall–Kier alpha value is -1.83. The Labute approximate surface area is 169 Å². The van der Waals surface area contributed by atoms with Crippen LogP contribution in [0.1, 0.15) is 44.1 Å². The maximum absolute atomic E-state index is 13.9. The van der Waals surface area contributed by atoms with Gasteiger partial charge in [-0.2, -0.15) is 13.2 Å². The molecule has 2 atom stereocenters. The molecule has 1 aromatic carbocycles. The normalized spacial score (nSPS) is 23.8. The van der Waals surface area contributed by atoms with Crippen molar-refractivity contribution in [2.45, 2.75) is 50.7 Å². The number of likely N-dealkylation sites (tertiary alicyclic amines) is 1. The van der Waals surface area contributed by atoms with Crippen LogP contribution in [0.4, 0.5) is 17.6 Å². The number of rotatable bonds is 7. The molecule has 0 radical (unpaired) electrons. The Morgan fingerprint density at radius 2 is 1.93 bits per heavy atom. The quantitative estimate of drug-likeness (QED) is 0.404. The molecule has 2 unspecified atom stereocenters. The number of nitrogens with zero attached hydrogens (tertiary/aromatic N) is 2. The summed E-state index contributed by atoms with van der Waals surface area (Å²) in [5.41, 5.74) is 0.742. The molecule has 2 aliphatic rings. The number of halogens is 4. The summed E-state index contributed by atoms with van der Waals surface area (Å²) in [5, 5.41) is 6.60. The third-order valence-electron chi connectivity index (χ3n) is 5.68. The summed E-state index contributed by atoms with van der Waals surface area (Å²) >= 11 is 0. The van der Waals surface area contributed by atoms with Crippen LogP contribution in [0.2, 0.25) is 0 Å². The lowest BCUT2D eigenvalue weighted by Gasteiger charge is -2.32. The number of hydrogen-bond donors (Lipinski definition) is 2. The molecule has 8 heteroatoms. The number of guanidine groups is 1. The molecule has 3 rings (SSSR count). The molecule has 0 amide bonds. The molecule has 0 bridgehead atoms. The van der Waals surface area contributed by atoms with Gasteiger partial charge in [0.25, 0.3) is 0 Å². The standard InChI is InChI=1S/C21H30F4N4/c1-2-26-20(28-19-13-17(19)16-5-3-4-6-18(16)22)27-10-7-15-8-11-29(12-9-15)14-21(23,24)25/h3-6,15,17,19H,2,7-14H2,1H3,(H2,26,27,28). The van der Waals surface area contributed by atoms with E-state index in [0.717, 1.165) is 43.8 Å². The van der Waals surface area contributed by atoms with Crippen LogP contribution in [0.15, 0.2) is 29.3 Å². The van der Waals surface area contributed by atoms with Gasteiger partial charge in [0, 0.05) is 25.0 Å². The molecule has 1 aliphatic heterocycles. The van der Waals surface area contributed by atoms with Crippen molar-refractivity contribution in [3.05, 3.63) is 35.6 Å². The SMILES string of the molecule is CCNC(=NCCC1CCN(CC(F)(F)F)CC1)NC1CC1c1ccccc1F. The lowest BCUT2D eigenvalue weighted by atomic mass is 9.93. The van der Waals surface area contributed by atoms with Gasteiger partial charge in [-0.1, -0.05) is 18.2 Å². The largest absolute Gasteiger partial charge is 0.401 e. The van der Waals surface area contributed by atoms with Crippen LogP contribution in [-0.4, -0.2) is 55.8 Å². The van der Waals surface area contributed by atoms with Gasteiger partial charge in [-0.05, 0) is 63.2 Å². The molecular formula is C21H30F4N4. The molecule has 1 saturated carbocycles. The van der Waals surface area contributed by atoms with Gasteiger partial charge in [-0.15, -0.1) is 0 Å². The second-order valence-electron chi connectivity index (χ2n) is 8.00. The predicted molar refractivity (Wildman–Crippen MR) is 106 cm³/mol. The lowest BCUT2D eigenvalue weighted by molar-refractivity contribution is -0.148. The third-order valence-corrected chi connectivity index (χ3v) is 5.68. The van der Waals surface area contributed by atoms with Crippen molar-refractivity contribution in [1.82, 2.24) is 15.5 Å². The summed E-state index contributed by atoms with van der Waals surface area (Å²) in [7, 11) is 0. The van der Waals surface area contributed by atoms with E-state index in [2.05, 4.69) is 15.6 Å². The Morgan fingerprint density at radius 3 is 2.59 bits per heavy atom. The van der Waals surface area contributed by atoms with Gasteiger partial charge < -0.3 is 10.6 Å². The maximum atomic E-state index is 13.9. The molecule has 2 N–H and O–H groups in total. The van der Waals surface area contributed by atoms with Gasteiger partial charge in [0.05, 0.1) is 6.54 Å². The van der Waals surface area contributed by atoms with Gasteiger partial charge in [0.2, 0.25) is 0 Å². The number of piperidine rings is 1. The molecule has 29 heavy (non-hydrogen) atoms. The average Bonchev–Trinajstić information content (AvgIpc) is 3.41. The summed E-state index contributed by atoms with van der Waals surface area (Å²) in [6.45, 7) is 3.55. The fourth-order valence-electron chi connectivity index (χ4n) is 4.02. The van der Waals surface area contributed by atoms with Crippen molar-refractivity contribution in [3.8, 4) is 0 Å². The van der Waals surface area contributed by atoms with Crippen molar-refractivity contribution in [2.24, 2.45) is 10.9 Å². The van der Waals surface area contributed by atoms with E-state index in [4.69, 9.17) is 0 Å². The minimum Gasteiger partial charge on any atom is -0.357 e. The minimum absolute atomic E-state index is 0.165. The predicted octanol–water partition coefficient (Wildman–Crippen LogP) is 3.90. The van der Waals surface area contributed by atoms with Crippen LogP contribution in [0.5, 0.6) is 0 Å². The van der Waals surface area contributed by atoms with E-state index in [1.165, 1.54) is 11.0 Å². The van der Waals surface area contributed by atoms with E-state index in [1.54, 1.807) is 6.07 Å². The first-order valence-corrected chi connectivity index (χ1v) is 10.4. The molecule has 1 aliphatic carbocycles. The fraction of sp³-hybridized carbons (Fsp3) is 0.667. The molecule has 4 nitrogen and oxygen atoms in total. The van der Waals surface area contributed by atoms with E-state index in [1.807, 2.05) is 19.1 Å². The van der Waals surface area contributed by atoms with Crippen LogP contribution in [0, 0.1) is 11.7 Å². The molecule has 1 heterocycles. The van der Waals surface area contributed by atoms with Crippen molar-refractivity contribution in [3.63, 3.8) is 0 Å². The summed E-state index contributed by atoms with van der Waals surface area (Å²) < 4.78 is 51.4. The van der Waals surface area contributed by atoms with E-state index >= 15 is 0 Å². The first-order valence-electron chi connectivity index (χ1n) is 10.4. The monoisotopic (exact) mass is 414 g/mol. The fourth-order valence-corrected chi connectivity index (χ4v) is 4.02. The maximum Gasteiger partial charge on any atom is 0.401 e. The Morgan fingerprint density at radius 1 is 1.21 bits per heavy atom. The van der Waals surface area contributed by atoms with Gasteiger partial charge in [0.1, 0.15) is 5.82 Å². The van der Waals surface area contributed by atoms with E-state index in [0.29, 0.717) is 25.6 Å². The Kier molecular flexibility index (Phi) is 7.38. The zero-order valence-corrected chi connectivity index (χ0v) is 16.8. The molecule has 2 fully saturated rings. The Balaban J connectivity index is 1.42. The highest BCUT2D eigenvalue weighted by Crippen LogP contribution is 2.41. The number of aliphatic imine (C=N–C) groups is 1.